The minimum atomic E-state index is -0.185. The number of aromatic nitrogens is 2. The van der Waals surface area contributed by atoms with Crippen molar-refractivity contribution in [1.82, 2.24) is 15.5 Å². The van der Waals surface area contributed by atoms with Crippen LogP contribution in [0.3, 0.4) is 0 Å². The van der Waals surface area contributed by atoms with Gasteiger partial charge >= 0.3 is 0 Å². The molecular weight excluding hydrogens is 228 g/mol. The fourth-order valence-corrected chi connectivity index (χ4v) is 1.48. The number of hydrogen-bond acceptors (Lipinski definition) is 4. The molecule has 0 radical (unpaired) electrons. The van der Waals surface area contributed by atoms with Crippen LogP contribution >= 0.6 is 0 Å². The molecule has 5 heteroatoms. The molecule has 0 fully saturated rings. The first kappa shape index (κ1) is 14.4. The van der Waals surface area contributed by atoms with Gasteiger partial charge in [0.2, 0.25) is 0 Å². The minimum Gasteiger partial charge on any atom is -0.369 e. The molecule has 5 nitrogen and oxygen atoms in total. The molecule has 1 amide bonds. The van der Waals surface area contributed by atoms with Gasteiger partial charge in [0.1, 0.15) is 5.82 Å². The minimum absolute atomic E-state index is 0.103. The average Bonchev–Trinajstić information content (AvgIpc) is 2.34. The van der Waals surface area contributed by atoms with Gasteiger partial charge in [0.05, 0.1) is 0 Å². The Kier molecular flexibility index (Phi) is 6.11. The lowest BCUT2D eigenvalue weighted by Crippen LogP contribution is -2.30. The number of amides is 1. The zero-order chi connectivity index (χ0) is 13.4. The largest absolute Gasteiger partial charge is 0.369 e. The third-order valence-corrected chi connectivity index (χ3v) is 2.40. The van der Waals surface area contributed by atoms with Gasteiger partial charge in [0.15, 0.2) is 5.69 Å². The van der Waals surface area contributed by atoms with Gasteiger partial charge in [-0.25, -0.2) is 0 Å². The summed E-state index contributed by atoms with van der Waals surface area (Å²) in [6.07, 6.45) is 3.52. The molecular formula is C13H22N4O. The molecule has 0 aromatic carbocycles. The highest BCUT2D eigenvalue weighted by Gasteiger charge is 2.08. The monoisotopic (exact) mass is 250 g/mol. The molecule has 0 bridgehead atoms. The Bertz CT molecular complexity index is 362. The first-order valence-corrected chi connectivity index (χ1v) is 6.52. The third kappa shape index (κ3) is 5.12. The van der Waals surface area contributed by atoms with E-state index in [0.717, 1.165) is 13.0 Å². The maximum atomic E-state index is 11.6. The second-order valence-corrected chi connectivity index (χ2v) is 4.57. The van der Waals surface area contributed by atoms with E-state index in [4.69, 9.17) is 0 Å². The van der Waals surface area contributed by atoms with E-state index in [-0.39, 0.29) is 11.9 Å². The smallest absolute Gasteiger partial charge is 0.271 e. The summed E-state index contributed by atoms with van der Waals surface area (Å²) < 4.78 is 0. The Balaban J connectivity index is 2.44. The number of nitrogens with one attached hydrogen (secondary N) is 2. The zero-order valence-electron chi connectivity index (χ0n) is 11.4. The molecule has 1 aromatic heterocycles. The maximum Gasteiger partial charge on any atom is 0.271 e. The van der Waals surface area contributed by atoms with Crippen LogP contribution in [0.1, 0.15) is 50.5 Å². The molecule has 0 aliphatic heterocycles. The van der Waals surface area contributed by atoms with Gasteiger partial charge in [-0.2, -0.15) is 0 Å². The molecule has 2 N–H and O–H groups in total. The predicted molar refractivity (Wildman–Crippen MR) is 72.6 cm³/mol. The third-order valence-electron chi connectivity index (χ3n) is 2.40. The van der Waals surface area contributed by atoms with Crippen molar-refractivity contribution >= 4 is 11.7 Å². The Morgan fingerprint density at radius 3 is 2.61 bits per heavy atom. The number of carbonyl (C=O) groups excluding carboxylic acids is 1. The quantitative estimate of drug-likeness (QED) is 0.728. The van der Waals surface area contributed by atoms with Crippen molar-refractivity contribution in [2.45, 2.75) is 46.1 Å². The van der Waals surface area contributed by atoms with Gasteiger partial charge in [0.25, 0.3) is 5.91 Å². The first-order valence-electron chi connectivity index (χ1n) is 6.52. The first-order chi connectivity index (χ1) is 8.63. The molecule has 0 unspecified atom stereocenters. The molecule has 0 saturated heterocycles. The van der Waals surface area contributed by atoms with Gasteiger partial charge in [-0.05, 0) is 32.4 Å². The Morgan fingerprint density at radius 2 is 2.06 bits per heavy atom. The van der Waals surface area contributed by atoms with E-state index in [1.54, 1.807) is 12.1 Å². The lowest BCUT2D eigenvalue weighted by atomic mass is 10.2. The molecule has 0 atom stereocenters. The summed E-state index contributed by atoms with van der Waals surface area (Å²) in [6, 6.07) is 3.58. The van der Waals surface area contributed by atoms with E-state index in [0.29, 0.717) is 11.5 Å². The molecule has 0 aliphatic carbocycles. The van der Waals surface area contributed by atoms with E-state index in [2.05, 4.69) is 27.8 Å². The summed E-state index contributed by atoms with van der Waals surface area (Å²) in [5.74, 6) is 0.530. The summed E-state index contributed by atoms with van der Waals surface area (Å²) in [5.41, 5.74) is 0.350. The van der Waals surface area contributed by atoms with Crippen molar-refractivity contribution in [3.05, 3.63) is 17.8 Å². The van der Waals surface area contributed by atoms with Gasteiger partial charge in [-0.15, -0.1) is 10.2 Å². The summed E-state index contributed by atoms with van der Waals surface area (Å²) in [6.45, 7) is 6.88. The average molecular weight is 250 g/mol. The topological polar surface area (TPSA) is 66.9 Å². The Labute approximate surface area is 108 Å². The van der Waals surface area contributed by atoms with Crippen LogP contribution in [0.15, 0.2) is 12.1 Å². The lowest BCUT2D eigenvalue weighted by molar-refractivity contribution is 0.0937. The fraction of sp³-hybridized carbons (Fsp3) is 0.615. The van der Waals surface area contributed by atoms with Crippen molar-refractivity contribution in [3.8, 4) is 0 Å². The van der Waals surface area contributed by atoms with Crippen LogP contribution in [0, 0.1) is 0 Å². The van der Waals surface area contributed by atoms with Crippen LogP contribution < -0.4 is 10.6 Å². The normalized spacial score (nSPS) is 10.4. The second kappa shape index (κ2) is 7.63. The van der Waals surface area contributed by atoms with Gasteiger partial charge in [-0.1, -0.05) is 19.8 Å². The van der Waals surface area contributed by atoms with E-state index in [9.17, 15) is 4.79 Å². The Morgan fingerprint density at radius 1 is 1.28 bits per heavy atom. The van der Waals surface area contributed by atoms with E-state index in [1.807, 2.05) is 13.8 Å². The van der Waals surface area contributed by atoms with Crippen molar-refractivity contribution in [2.24, 2.45) is 0 Å². The summed E-state index contributed by atoms with van der Waals surface area (Å²) in [5, 5.41) is 13.8. The van der Waals surface area contributed by atoms with Crippen molar-refractivity contribution in [3.63, 3.8) is 0 Å². The standard InChI is InChI=1S/C13H22N4O/c1-4-5-6-9-14-12-8-7-11(16-17-12)13(18)15-10(2)3/h7-8,10H,4-6,9H2,1-3H3,(H,14,17)(H,15,18). The summed E-state index contributed by atoms with van der Waals surface area (Å²) in [7, 11) is 0. The SMILES string of the molecule is CCCCCNc1ccc(C(=O)NC(C)C)nn1. The summed E-state index contributed by atoms with van der Waals surface area (Å²) >= 11 is 0. The van der Waals surface area contributed by atoms with Crippen molar-refractivity contribution in [2.75, 3.05) is 11.9 Å². The number of rotatable bonds is 7. The molecule has 18 heavy (non-hydrogen) atoms. The molecule has 0 aliphatic rings. The molecule has 1 heterocycles. The van der Waals surface area contributed by atoms with Crippen molar-refractivity contribution in [1.29, 1.82) is 0 Å². The number of hydrogen-bond donors (Lipinski definition) is 2. The highest BCUT2D eigenvalue weighted by molar-refractivity contribution is 5.92. The lowest BCUT2D eigenvalue weighted by Gasteiger charge is -2.08. The fourth-order valence-electron chi connectivity index (χ4n) is 1.48. The van der Waals surface area contributed by atoms with Crippen LogP contribution in [-0.2, 0) is 0 Å². The number of nitrogens with zero attached hydrogens (tertiary/aromatic N) is 2. The van der Waals surface area contributed by atoms with Crippen LogP contribution in [0.5, 0.6) is 0 Å². The second-order valence-electron chi connectivity index (χ2n) is 4.57. The molecule has 0 saturated carbocycles. The van der Waals surface area contributed by atoms with Gasteiger partial charge < -0.3 is 10.6 Å². The summed E-state index contributed by atoms with van der Waals surface area (Å²) in [4.78, 5) is 11.6. The van der Waals surface area contributed by atoms with Crippen LogP contribution in [-0.4, -0.2) is 28.7 Å². The van der Waals surface area contributed by atoms with E-state index in [1.165, 1.54) is 12.8 Å². The Hall–Kier alpha value is -1.65. The highest BCUT2D eigenvalue weighted by Crippen LogP contribution is 2.03. The van der Waals surface area contributed by atoms with Gasteiger partial charge in [0, 0.05) is 12.6 Å². The maximum absolute atomic E-state index is 11.6. The van der Waals surface area contributed by atoms with Gasteiger partial charge in [-0.3, -0.25) is 4.79 Å². The number of carbonyl (C=O) groups is 1. The van der Waals surface area contributed by atoms with E-state index >= 15 is 0 Å². The van der Waals surface area contributed by atoms with Crippen LogP contribution in [0.4, 0.5) is 5.82 Å². The zero-order valence-corrected chi connectivity index (χ0v) is 11.4. The molecule has 0 spiro atoms. The van der Waals surface area contributed by atoms with E-state index < -0.39 is 0 Å². The molecule has 100 valence electrons. The number of unbranched alkanes of at least 4 members (excludes halogenated alkanes) is 2. The predicted octanol–water partition coefficient (Wildman–Crippen LogP) is 2.22. The number of anilines is 1. The molecule has 1 rings (SSSR count). The molecule has 1 aromatic rings. The highest BCUT2D eigenvalue weighted by atomic mass is 16.1. The van der Waals surface area contributed by atoms with Crippen molar-refractivity contribution < 1.29 is 4.79 Å². The van der Waals surface area contributed by atoms with Crippen LogP contribution in [0.2, 0.25) is 0 Å². The van der Waals surface area contributed by atoms with Crippen LogP contribution in [0.25, 0.3) is 0 Å².